The van der Waals surface area contributed by atoms with Crippen LogP contribution in [0.1, 0.15) is 17.4 Å². The number of aromatic nitrogens is 3. The van der Waals surface area contributed by atoms with E-state index in [1.54, 1.807) is 21.3 Å². The van der Waals surface area contributed by atoms with Crippen molar-refractivity contribution in [2.45, 2.75) is 12.6 Å². The Hall–Kier alpha value is -3.78. The van der Waals surface area contributed by atoms with Crippen LogP contribution in [-0.2, 0) is 25.4 Å². The average molecular weight is 447 g/mol. The summed E-state index contributed by atoms with van der Waals surface area (Å²) in [4.78, 5) is 26.3. The van der Waals surface area contributed by atoms with Crippen LogP contribution in [-0.4, -0.2) is 34.5 Å². The summed E-state index contributed by atoms with van der Waals surface area (Å²) >= 11 is 0. The molecule has 0 saturated heterocycles. The molecule has 33 heavy (non-hydrogen) atoms. The number of hydrogen-bond donors (Lipinski definition) is 0. The van der Waals surface area contributed by atoms with E-state index >= 15 is 0 Å². The lowest BCUT2D eigenvalue weighted by Crippen LogP contribution is -2.37. The third-order valence-corrected chi connectivity index (χ3v) is 6.31. The van der Waals surface area contributed by atoms with E-state index in [9.17, 15) is 9.59 Å². The maximum atomic E-state index is 13.4. The maximum Gasteiger partial charge on any atom is 0.331 e. The summed E-state index contributed by atoms with van der Waals surface area (Å²) in [6.45, 7) is 1.02. The zero-order valence-electron chi connectivity index (χ0n) is 19.0. The fourth-order valence-corrected chi connectivity index (χ4v) is 4.69. The Morgan fingerprint density at radius 1 is 0.939 bits per heavy atom. The standard InChI is InChI=1S/C25H25N3O5/c1-26-21-19(24(29)27(2)25(26)30)20(15-8-10-17(31-3)11-9-15)28-12-13-33-23(22(21)28)16-6-5-7-18(14-16)32-4/h5-11,14,23H,12-13H2,1-4H3/t23-/m0/s1. The molecule has 1 aliphatic rings. The molecule has 0 spiro atoms. The summed E-state index contributed by atoms with van der Waals surface area (Å²) in [5, 5.41) is 0.498. The van der Waals surface area contributed by atoms with Gasteiger partial charge in [-0.2, -0.15) is 0 Å². The molecule has 8 nitrogen and oxygen atoms in total. The molecule has 5 rings (SSSR count). The number of nitrogens with zero attached hydrogens (tertiary/aromatic N) is 3. The highest BCUT2D eigenvalue weighted by Crippen LogP contribution is 2.41. The molecule has 0 radical (unpaired) electrons. The Labute approximate surface area is 190 Å². The second-order valence-electron chi connectivity index (χ2n) is 8.07. The van der Waals surface area contributed by atoms with Crippen molar-refractivity contribution in [2.24, 2.45) is 14.1 Å². The minimum atomic E-state index is -0.457. The molecule has 170 valence electrons. The van der Waals surface area contributed by atoms with Crippen LogP contribution >= 0.6 is 0 Å². The van der Waals surface area contributed by atoms with E-state index in [1.165, 1.54) is 11.6 Å². The van der Waals surface area contributed by atoms with E-state index in [0.29, 0.717) is 29.8 Å². The maximum absolute atomic E-state index is 13.4. The molecular weight excluding hydrogens is 422 g/mol. The summed E-state index contributed by atoms with van der Waals surface area (Å²) < 4.78 is 21.8. The van der Waals surface area contributed by atoms with Gasteiger partial charge in [-0.05, 0) is 47.5 Å². The first-order valence-electron chi connectivity index (χ1n) is 10.7. The quantitative estimate of drug-likeness (QED) is 0.481. The predicted molar refractivity (Wildman–Crippen MR) is 125 cm³/mol. The third-order valence-electron chi connectivity index (χ3n) is 6.31. The van der Waals surface area contributed by atoms with E-state index in [0.717, 1.165) is 32.8 Å². The van der Waals surface area contributed by atoms with Crippen LogP contribution in [0.3, 0.4) is 0 Å². The summed E-state index contributed by atoms with van der Waals surface area (Å²) in [6.07, 6.45) is -0.457. The average Bonchev–Trinajstić information content (AvgIpc) is 3.21. The molecule has 0 bridgehead atoms. The smallest absolute Gasteiger partial charge is 0.331 e. The van der Waals surface area contributed by atoms with Crippen molar-refractivity contribution in [3.8, 4) is 22.8 Å². The largest absolute Gasteiger partial charge is 0.497 e. The Morgan fingerprint density at radius 2 is 1.67 bits per heavy atom. The Balaban J connectivity index is 1.89. The zero-order valence-corrected chi connectivity index (χ0v) is 19.0. The molecule has 0 unspecified atom stereocenters. The van der Waals surface area contributed by atoms with Gasteiger partial charge in [-0.25, -0.2) is 4.79 Å². The third kappa shape index (κ3) is 3.17. The SMILES string of the molecule is COc1ccc(-c2c3c(=O)n(C)c(=O)n(C)c3c3n2CCO[C@H]3c2cccc(OC)c2)cc1. The first-order valence-corrected chi connectivity index (χ1v) is 10.7. The van der Waals surface area contributed by atoms with Gasteiger partial charge in [-0.3, -0.25) is 13.9 Å². The molecule has 0 fully saturated rings. The van der Waals surface area contributed by atoms with Gasteiger partial charge in [0.05, 0.1) is 43.1 Å². The summed E-state index contributed by atoms with van der Waals surface area (Å²) in [6, 6.07) is 15.3. The topological polar surface area (TPSA) is 76.6 Å². The van der Waals surface area contributed by atoms with Gasteiger partial charge < -0.3 is 18.8 Å². The molecule has 2 aromatic carbocycles. The molecule has 0 amide bonds. The van der Waals surface area contributed by atoms with Crippen LogP contribution < -0.4 is 20.7 Å². The molecule has 2 aromatic heterocycles. The van der Waals surface area contributed by atoms with Crippen molar-refractivity contribution in [3.05, 3.63) is 80.6 Å². The van der Waals surface area contributed by atoms with Gasteiger partial charge in [0, 0.05) is 20.6 Å². The van der Waals surface area contributed by atoms with Gasteiger partial charge in [-0.15, -0.1) is 0 Å². The second-order valence-corrected chi connectivity index (χ2v) is 8.07. The van der Waals surface area contributed by atoms with Gasteiger partial charge in [0.2, 0.25) is 0 Å². The number of aryl methyl sites for hydroxylation is 1. The van der Waals surface area contributed by atoms with Crippen LogP contribution in [0, 0.1) is 0 Å². The van der Waals surface area contributed by atoms with Crippen molar-refractivity contribution in [1.82, 2.24) is 13.7 Å². The van der Waals surface area contributed by atoms with Gasteiger partial charge in [0.15, 0.2) is 0 Å². The molecule has 1 aliphatic heterocycles. The highest BCUT2D eigenvalue weighted by molar-refractivity contribution is 5.96. The van der Waals surface area contributed by atoms with Crippen molar-refractivity contribution < 1.29 is 14.2 Å². The lowest BCUT2D eigenvalue weighted by molar-refractivity contribution is 0.0477. The number of benzene rings is 2. The molecular formula is C25H25N3O5. The van der Waals surface area contributed by atoms with Crippen LogP contribution in [0.4, 0.5) is 0 Å². The molecule has 0 aliphatic carbocycles. The Bertz CT molecular complexity index is 1480. The minimum Gasteiger partial charge on any atom is -0.497 e. The van der Waals surface area contributed by atoms with Crippen molar-refractivity contribution >= 4 is 10.9 Å². The number of hydrogen-bond acceptors (Lipinski definition) is 5. The van der Waals surface area contributed by atoms with Crippen molar-refractivity contribution in [1.29, 1.82) is 0 Å². The van der Waals surface area contributed by atoms with Crippen molar-refractivity contribution in [3.63, 3.8) is 0 Å². The number of methoxy groups -OCH3 is 2. The minimum absolute atomic E-state index is 0.329. The highest BCUT2D eigenvalue weighted by atomic mass is 16.5. The second kappa shape index (κ2) is 7.97. The van der Waals surface area contributed by atoms with Gasteiger partial charge in [0.1, 0.15) is 17.6 Å². The number of fused-ring (bicyclic) bond motifs is 3. The van der Waals surface area contributed by atoms with Gasteiger partial charge >= 0.3 is 5.69 Å². The molecule has 3 heterocycles. The van der Waals surface area contributed by atoms with Crippen LogP contribution in [0.5, 0.6) is 11.5 Å². The summed E-state index contributed by atoms with van der Waals surface area (Å²) in [5.74, 6) is 1.44. The fraction of sp³-hybridized carbons (Fsp3) is 0.280. The van der Waals surface area contributed by atoms with E-state index in [1.807, 2.05) is 48.5 Å². The van der Waals surface area contributed by atoms with E-state index in [-0.39, 0.29) is 11.2 Å². The fourth-order valence-electron chi connectivity index (χ4n) is 4.69. The zero-order chi connectivity index (χ0) is 23.3. The highest BCUT2D eigenvalue weighted by Gasteiger charge is 2.33. The molecule has 0 saturated carbocycles. The van der Waals surface area contributed by atoms with Crippen LogP contribution in [0.15, 0.2) is 58.1 Å². The first-order chi connectivity index (χ1) is 16.0. The monoisotopic (exact) mass is 447 g/mol. The van der Waals surface area contributed by atoms with E-state index < -0.39 is 6.10 Å². The van der Waals surface area contributed by atoms with Gasteiger partial charge in [-0.1, -0.05) is 12.1 Å². The molecule has 0 N–H and O–H groups in total. The molecule has 1 atom stereocenters. The van der Waals surface area contributed by atoms with Crippen LogP contribution in [0.2, 0.25) is 0 Å². The summed E-state index contributed by atoms with van der Waals surface area (Å²) in [7, 11) is 6.44. The van der Waals surface area contributed by atoms with E-state index in [4.69, 9.17) is 14.2 Å². The molecule has 4 aromatic rings. The Kier molecular flexibility index (Phi) is 5.09. The van der Waals surface area contributed by atoms with Crippen molar-refractivity contribution in [2.75, 3.05) is 20.8 Å². The summed E-state index contributed by atoms with van der Waals surface area (Å²) in [5.41, 5.74) is 3.20. The number of rotatable bonds is 4. The van der Waals surface area contributed by atoms with Gasteiger partial charge in [0.25, 0.3) is 5.56 Å². The lowest BCUT2D eigenvalue weighted by Gasteiger charge is -2.28. The van der Waals surface area contributed by atoms with E-state index in [2.05, 4.69) is 4.57 Å². The molecule has 8 heteroatoms. The normalized spacial score (nSPS) is 15.5. The first kappa shape index (κ1) is 21.1. The lowest BCUT2D eigenvalue weighted by atomic mass is 10.0. The predicted octanol–water partition coefficient (Wildman–Crippen LogP) is 2.84. The Morgan fingerprint density at radius 3 is 2.36 bits per heavy atom. The van der Waals surface area contributed by atoms with Crippen LogP contribution in [0.25, 0.3) is 22.2 Å². The number of ether oxygens (including phenoxy) is 3.